The zero-order valence-electron chi connectivity index (χ0n) is 23.3. The lowest BCUT2D eigenvalue weighted by molar-refractivity contribution is 1.05. The summed E-state index contributed by atoms with van der Waals surface area (Å²) >= 11 is 0. The summed E-state index contributed by atoms with van der Waals surface area (Å²) in [5, 5.41) is 3.80. The Hall–Kier alpha value is -5.28. The van der Waals surface area contributed by atoms with Gasteiger partial charge in [-0.2, -0.15) is 0 Å². The molecule has 0 atom stereocenters. The molecule has 0 spiro atoms. The minimum absolute atomic E-state index is 1.14. The van der Waals surface area contributed by atoms with E-state index in [2.05, 4.69) is 162 Å². The summed E-state index contributed by atoms with van der Waals surface area (Å²) in [4.78, 5) is 2.23. The van der Waals surface area contributed by atoms with Crippen molar-refractivity contribution < 1.29 is 0 Å². The lowest BCUT2D eigenvalue weighted by Gasteiger charge is -2.21. The summed E-state index contributed by atoms with van der Waals surface area (Å²) in [5.74, 6) is 0. The van der Waals surface area contributed by atoms with Crippen molar-refractivity contribution in [2.24, 2.45) is 0 Å². The van der Waals surface area contributed by atoms with E-state index in [1.807, 2.05) is 12.2 Å². The number of rotatable bonds is 6. The summed E-state index contributed by atoms with van der Waals surface area (Å²) < 4.78 is 4.69. The zero-order valence-corrected chi connectivity index (χ0v) is 23.3. The van der Waals surface area contributed by atoms with Gasteiger partial charge >= 0.3 is 0 Å². The number of aromatic nitrogens is 2. The molecule has 0 aliphatic rings. The van der Waals surface area contributed by atoms with E-state index in [1.165, 1.54) is 44.0 Å². The van der Waals surface area contributed by atoms with Gasteiger partial charge in [-0.25, -0.2) is 0 Å². The van der Waals surface area contributed by atoms with Gasteiger partial charge in [-0.15, -0.1) is 0 Å². The predicted octanol–water partition coefficient (Wildman–Crippen LogP) is 10.0. The fourth-order valence-electron chi connectivity index (χ4n) is 6.10. The third-order valence-corrected chi connectivity index (χ3v) is 8.13. The van der Waals surface area contributed by atoms with Crippen molar-refractivity contribution in [3.05, 3.63) is 151 Å². The first-order chi connectivity index (χ1) is 20.2. The van der Waals surface area contributed by atoms with Crippen molar-refractivity contribution in [3.8, 4) is 11.4 Å². The fourth-order valence-corrected chi connectivity index (χ4v) is 6.10. The molecule has 0 aliphatic carbocycles. The molecular formula is C38H31N3. The second-order valence-corrected chi connectivity index (χ2v) is 10.4. The number of anilines is 2. The standard InChI is InChI=1S/C38H31N3/c1-4-5-12-32-27(2)40(36-16-9-6-13-33(32)36)30-23-19-28(20-24-30)39(3)29-21-25-31(26-22-29)41-37-17-10-7-14-34(37)35-15-8-11-18-38(35)41/h4-26H,1H2,2-3H3/b12-5-. The van der Waals surface area contributed by atoms with Gasteiger partial charge in [0.05, 0.1) is 16.6 Å². The Bertz CT molecular complexity index is 2020. The van der Waals surface area contributed by atoms with Crippen LogP contribution in [0.1, 0.15) is 11.3 Å². The molecule has 0 fully saturated rings. The summed E-state index contributed by atoms with van der Waals surface area (Å²) in [6.45, 7) is 6.03. The van der Waals surface area contributed by atoms with Crippen molar-refractivity contribution in [1.29, 1.82) is 0 Å². The molecule has 0 aliphatic heterocycles. The monoisotopic (exact) mass is 529 g/mol. The fraction of sp³-hybridized carbons (Fsp3) is 0.0526. The molecule has 0 saturated heterocycles. The van der Waals surface area contributed by atoms with Crippen LogP contribution in [-0.4, -0.2) is 16.2 Å². The number of benzene rings is 5. The molecule has 3 nitrogen and oxygen atoms in total. The van der Waals surface area contributed by atoms with Gasteiger partial charge < -0.3 is 14.0 Å². The summed E-state index contributed by atoms with van der Waals surface area (Å²) in [5.41, 5.74) is 10.7. The molecule has 0 unspecified atom stereocenters. The third kappa shape index (κ3) is 4.06. The van der Waals surface area contributed by atoms with E-state index in [1.54, 1.807) is 0 Å². The smallest absolute Gasteiger partial charge is 0.0541 e. The molecule has 7 rings (SSSR count). The Kier molecular flexibility index (Phi) is 6.06. The largest absolute Gasteiger partial charge is 0.345 e. The first-order valence-corrected chi connectivity index (χ1v) is 14.0. The molecule has 2 heterocycles. The van der Waals surface area contributed by atoms with E-state index in [9.17, 15) is 0 Å². The molecule has 0 bridgehead atoms. The lowest BCUT2D eigenvalue weighted by atomic mass is 10.1. The van der Waals surface area contributed by atoms with Crippen molar-refractivity contribution in [2.75, 3.05) is 11.9 Å². The van der Waals surface area contributed by atoms with Crippen LogP contribution >= 0.6 is 0 Å². The first kappa shape index (κ1) is 24.7. The molecule has 7 aromatic rings. The Morgan fingerprint density at radius 1 is 0.561 bits per heavy atom. The highest BCUT2D eigenvalue weighted by atomic mass is 15.1. The maximum atomic E-state index is 3.84. The van der Waals surface area contributed by atoms with Crippen LogP contribution in [0.15, 0.2) is 140 Å². The van der Waals surface area contributed by atoms with Crippen molar-refractivity contribution >= 4 is 50.2 Å². The van der Waals surface area contributed by atoms with Gasteiger partial charge in [-0.3, -0.25) is 0 Å². The molecule has 3 heteroatoms. The van der Waals surface area contributed by atoms with Gasteiger partial charge in [0.1, 0.15) is 0 Å². The van der Waals surface area contributed by atoms with Gasteiger partial charge in [0.2, 0.25) is 0 Å². The Balaban J connectivity index is 1.21. The number of nitrogens with zero attached hydrogens (tertiary/aromatic N) is 3. The van der Waals surface area contributed by atoms with Gasteiger partial charge in [-0.1, -0.05) is 79.4 Å². The molecule has 5 aromatic carbocycles. The van der Waals surface area contributed by atoms with Gasteiger partial charge in [0.15, 0.2) is 0 Å². The molecule has 0 amide bonds. The van der Waals surface area contributed by atoms with E-state index < -0.39 is 0 Å². The number of para-hydroxylation sites is 3. The number of fused-ring (bicyclic) bond motifs is 4. The SMILES string of the molecule is C=C/C=C\c1c(C)n(-c2ccc(N(C)c3ccc(-n4c5ccccc5c5ccccc54)cc3)cc2)c2ccccc12. The highest BCUT2D eigenvalue weighted by molar-refractivity contribution is 6.09. The van der Waals surface area contributed by atoms with E-state index in [0.29, 0.717) is 0 Å². The third-order valence-electron chi connectivity index (χ3n) is 8.13. The van der Waals surface area contributed by atoms with E-state index >= 15 is 0 Å². The van der Waals surface area contributed by atoms with Crippen LogP contribution in [0.3, 0.4) is 0 Å². The van der Waals surface area contributed by atoms with Crippen LogP contribution in [0.5, 0.6) is 0 Å². The minimum Gasteiger partial charge on any atom is -0.345 e. The highest BCUT2D eigenvalue weighted by Crippen LogP contribution is 2.34. The van der Waals surface area contributed by atoms with Crippen molar-refractivity contribution in [2.45, 2.75) is 6.92 Å². The average Bonchev–Trinajstić information content (AvgIpc) is 3.51. The van der Waals surface area contributed by atoms with Crippen molar-refractivity contribution in [3.63, 3.8) is 0 Å². The van der Waals surface area contributed by atoms with Crippen LogP contribution in [0.2, 0.25) is 0 Å². The van der Waals surface area contributed by atoms with Crippen LogP contribution in [0.25, 0.3) is 50.2 Å². The Morgan fingerprint density at radius 3 is 1.51 bits per heavy atom. The van der Waals surface area contributed by atoms with Crippen LogP contribution in [-0.2, 0) is 0 Å². The Morgan fingerprint density at radius 2 is 1.00 bits per heavy atom. The summed E-state index contributed by atoms with van der Waals surface area (Å²) in [6, 6.07) is 43.5. The van der Waals surface area contributed by atoms with Gasteiger partial charge in [0.25, 0.3) is 0 Å². The second-order valence-electron chi connectivity index (χ2n) is 10.4. The molecule has 2 aromatic heterocycles. The highest BCUT2D eigenvalue weighted by Gasteiger charge is 2.15. The van der Waals surface area contributed by atoms with Crippen LogP contribution < -0.4 is 4.90 Å². The topological polar surface area (TPSA) is 13.1 Å². The zero-order chi connectivity index (χ0) is 27.9. The minimum atomic E-state index is 1.14. The summed E-state index contributed by atoms with van der Waals surface area (Å²) in [6.07, 6.45) is 5.97. The average molecular weight is 530 g/mol. The molecular weight excluding hydrogens is 498 g/mol. The molecule has 0 N–H and O–H groups in total. The van der Waals surface area contributed by atoms with Gasteiger partial charge in [-0.05, 0) is 73.7 Å². The van der Waals surface area contributed by atoms with Crippen LogP contribution in [0.4, 0.5) is 11.4 Å². The molecule has 0 radical (unpaired) electrons. The number of hydrogen-bond donors (Lipinski definition) is 0. The first-order valence-electron chi connectivity index (χ1n) is 14.0. The van der Waals surface area contributed by atoms with E-state index in [0.717, 1.165) is 22.7 Å². The molecule has 0 saturated carbocycles. The number of allylic oxidation sites excluding steroid dienone is 2. The molecule has 198 valence electrons. The van der Waals surface area contributed by atoms with Crippen molar-refractivity contribution in [1.82, 2.24) is 9.13 Å². The maximum Gasteiger partial charge on any atom is 0.0541 e. The second kappa shape index (κ2) is 10.0. The molecule has 41 heavy (non-hydrogen) atoms. The normalized spacial score (nSPS) is 11.7. The quantitative estimate of drug-likeness (QED) is 0.195. The Labute approximate surface area is 240 Å². The maximum absolute atomic E-state index is 3.84. The lowest BCUT2D eigenvalue weighted by Crippen LogP contribution is -2.09. The van der Waals surface area contributed by atoms with E-state index in [-0.39, 0.29) is 0 Å². The van der Waals surface area contributed by atoms with Crippen LogP contribution in [0, 0.1) is 6.92 Å². The number of hydrogen-bond acceptors (Lipinski definition) is 1. The van der Waals surface area contributed by atoms with E-state index in [4.69, 9.17) is 0 Å². The summed E-state index contributed by atoms with van der Waals surface area (Å²) in [7, 11) is 2.12. The van der Waals surface area contributed by atoms with Gasteiger partial charge in [0, 0.05) is 57.2 Å². The predicted molar refractivity (Wildman–Crippen MR) is 176 cm³/mol.